The molecule has 0 unspecified atom stereocenters. The maximum absolute atomic E-state index is 12.6. The molecule has 0 amide bonds. The van der Waals surface area contributed by atoms with E-state index in [2.05, 4.69) is 0 Å². The van der Waals surface area contributed by atoms with Crippen LogP contribution in [0.4, 0.5) is 0 Å². The molecule has 1 rings (SSSR count). The lowest BCUT2D eigenvalue weighted by molar-refractivity contribution is 0.258. The lowest BCUT2D eigenvalue weighted by atomic mass is 10.2. The third-order valence-corrected chi connectivity index (χ3v) is 5.30. The first-order valence-corrected chi connectivity index (χ1v) is 8.68. The zero-order valence-corrected chi connectivity index (χ0v) is 13.5. The number of alkyl halides is 1. The largest absolute Gasteiger partial charge is 0.396 e. The Hall–Kier alpha value is -0.620. The molecule has 0 aliphatic carbocycles. The summed E-state index contributed by atoms with van der Waals surface area (Å²) in [5, 5.41) is 8.89. The minimum absolute atomic E-state index is 0.0204. The molecule has 0 saturated carbocycles. The van der Waals surface area contributed by atoms with Gasteiger partial charge in [-0.1, -0.05) is 12.1 Å². The molecule has 6 heteroatoms. The Morgan fingerprint density at radius 3 is 2.30 bits per heavy atom. The highest BCUT2D eigenvalue weighted by molar-refractivity contribution is 7.89. The van der Waals surface area contributed by atoms with Gasteiger partial charge in [-0.3, -0.25) is 0 Å². The molecule has 0 aromatic heterocycles. The van der Waals surface area contributed by atoms with E-state index in [-0.39, 0.29) is 17.5 Å². The topological polar surface area (TPSA) is 57.6 Å². The lowest BCUT2D eigenvalue weighted by Crippen LogP contribution is -2.38. The molecule has 1 aromatic rings. The summed E-state index contributed by atoms with van der Waals surface area (Å²) < 4.78 is 26.6. The number of aliphatic hydroxyl groups excluding tert-OH is 1. The van der Waals surface area contributed by atoms with Crippen molar-refractivity contribution in [3.8, 4) is 0 Å². The first-order chi connectivity index (χ1) is 9.43. The number of halogens is 1. The molecule has 0 aliphatic heterocycles. The van der Waals surface area contributed by atoms with Crippen LogP contribution in [0.25, 0.3) is 0 Å². The van der Waals surface area contributed by atoms with E-state index in [4.69, 9.17) is 16.7 Å². The molecule has 0 bridgehead atoms. The monoisotopic (exact) mass is 319 g/mol. The van der Waals surface area contributed by atoms with Gasteiger partial charge in [-0.25, -0.2) is 8.42 Å². The van der Waals surface area contributed by atoms with Gasteiger partial charge in [0.1, 0.15) is 0 Å². The summed E-state index contributed by atoms with van der Waals surface area (Å²) in [4.78, 5) is 0.280. The molecule has 0 atom stereocenters. The normalized spacial score (nSPS) is 12.3. The Labute approximate surface area is 126 Å². The summed E-state index contributed by atoms with van der Waals surface area (Å²) in [6.07, 6.45) is 1.15. The zero-order valence-electron chi connectivity index (χ0n) is 11.9. The molecule has 4 nitrogen and oxygen atoms in total. The van der Waals surface area contributed by atoms with Gasteiger partial charge in [-0.05, 0) is 44.4 Å². The predicted molar refractivity (Wildman–Crippen MR) is 81.6 cm³/mol. The quantitative estimate of drug-likeness (QED) is 0.748. The van der Waals surface area contributed by atoms with Gasteiger partial charge in [0.2, 0.25) is 10.0 Å². The molecule has 114 valence electrons. The fraction of sp³-hybridized carbons (Fsp3) is 0.571. The molecule has 0 spiro atoms. The van der Waals surface area contributed by atoms with Crippen LogP contribution in [-0.4, -0.2) is 42.9 Å². The number of hydrogen-bond acceptors (Lipinski definition) is 3. The Balaban J connectivity index is 3.00. The summed E-state index contributed by atoms with van der Waals surface area (Å²) in [6.45, 7) is 3.96. The highest BCUT2D eigenvalue weighted by Crippen LogP contribution is 2.19. The van der Waals surface area contributed by atoms with Gasteiger partial charge < -0.3 is 5.11 Å². The summed E-state index contributed by atoms with van der Waals surface area (Å²) in [6, 6.07) is 6.67. The van der Waals surface area contributed by atoms with E-state index in [1.165, 1.54) is 4.31 Å². The SMILES string of the molecule is CC(C)N(CCCO)S(=O)(=O)c1ccc(CCCl)cc1. The van der Waals surface area contributed by atoms with Gasteiger partial charge in [-0.15, -0.1) is 11.6 Å². The zero-order chi connectivity index (χ0) is 15.2. The first kappa shape index (κ1) is 17.4. The average molecular weight is 320 g/mol. The van der Waals surface area contributed by atoms with Crippen molar-refractivity contribution >= 4 is 21.6 Å². The van der Waals surface area contributed by atoms with E-state index >= 15 is 0 Å². The highest BCUT2D eigenvalue weighted by Gasteiger charge is 2.26. The van der Waals surface area contributed by atoms with Crippen molar-refractivity contribution in [2.45, 2.75) is 37.6 Å². The summed E-state index contributed by atoms with van der Waals surface area (Å²) in [5.74, 6) is 0.515. The first-order valence-electron chi connectivity index (χ1n) is 6.71. The van der Waals surface area contributed by atoms with Crippen LogP contribution in [0.5, 0.6) is 0 Å². The van der Waals surface area contributed by atoms with Crippen molar-refractivity contribution in [1.29, 1.82) is 0 Å². The molecule has 0 aliphatic rings. The van der Waals surface area contributed by atoms with Crippen LogP contribution in [0.2, 0.25) is 0 Å². The van der Waals surface area contributed by atoms with Crippen LogP contribution >= 0.6 is 11.6 Å². The molecule has 1 aromatic carbocycles. The molecule has 0 heterocycles. The van der Waals surface area contributed by atoms with Crippen molar-refractivity contribution in [1.82, 2.24) is 4.31 Å². The number of nitrogens with zero attached hydrogens (tertiary/aromatic N) is 1. The lowest BCUT2D eigenvalue weighted by Gasteiger charge is -2.25. The number of rotatable bonds is 8. The van der Waals surface area contributed by atoms with Crippen molar-refractivity contribution in [2.24, 2.45) is 0 Å². The Kier molecular flexibility index (Phi) is 6.95. The highest BCUT2D eigenvalue weighted by atomic mass is 35.5. The Morgan fingerprint density at radius 1 is 1.25 bits per heavy atom. The van der Waals surface area contributed by atoms with Crippen LogP contribution < -0.4 is 0 Å². The number of benzene rings is 1. The summed E-state index contributed by atoms with van der Waals surface area (Å²) in [5.41, 5.74) is 1.02. The van der Waals surface area contributed by atoms with E-state index < -0.39 is 10.0 Å². The third kappa shape index (κ3) is 4.45. The standard InChI is InChI=1S/C14H22ClNO3S/c1-12(2)16(10-3-11-17)20(18,19)14-6-4-13(5-7-14)8-9-15/h4-7,12,17H,3,8-11H2,1-2H3. The fourth-order valence-electron chi connectivity index (χ4n) is 1.96. The van der Waals surface area contributed by atoms with Gasteiger partial charge in [0.25, 0.3) is 0 Å². The van der Waals surface area contributed by atoms with E-state index in [0.717, 1.165) is 12.0 Å². The molecule has 20 heavy (non-hydrogen) atoms. The van der Waals surface area contributed by atoms with E-state index in [0.29, 0.717) is 18.8 Å². The summed E-state index contributed by atoms with van der Waals surface area (Å²) >= 11 is 5.66. The maximum Gasteiger partial charge on any atom is 0.243 e. The van der Waals surface area contributed by atoms with E-state index in [1.54, 1.807) is 24.3 Å². The van der Waals surface area contributed by atoms with Gasteiger partial charge in [-0.2, -0.15) is 4.31 Å². The second kappa shape index (κ2) is 7.98. The van der Waals surface area contributed by atoms with Crippen molar-refractivity contribution in [2.75, 3.05) is 19.0 Å². The Morgan fingerprint density at radius 2 is 1.85 bits per heavy atom. The Bertz CT molecular complexity index is 500. The number of aliphatic hydroxyl groups is 1. The van der Waals surface area contributed by atoms with Gasteiger partial charge in [0.15, 0.2) is 0 Å². The van der Waals surface area contributed by atoms with Gasteiger partial charge >= 0.3 is 0 Å². The average Bonchev–Trinajstić information content (AvgIpc) is 2.39. The molecule has 1 N–H and O–H groups in total. The smallest absolute Gasteiger partial charge is 0.243 e. The maximum atomic E-state index is 12.6. The van der Waals surface area contributed by atoms with Gasteiger partial charge in [0, 0.05) is 25.1 Å². The van der Waals surface area contributed by atoms with Crippen LogP contribution in [0.15, 0.2) is 29.2 Å². The van der Waals surface area contributed by atoms with Gasteiger partial charge in [0.05, 0.1) is 4.90 Å². The third-order valence-electron chi connectivity index (χ3n) is 3.03. The van der Waals surface area contributed by atoms with Crippen LogP contribution in [-0.2, 0) is 16.4 Å². The second-order valence-corrected chi connectivity index (χ2v) is 7.14. The molecule has 0 fully saturated rings. The molecular weight excluding hydrogens is 298 g/mol. The molecular formula is C14H22ClNO3S. The van der Waals surface area contributed by atoms with Crippen molar-refractivity contribution in [3.05, 3.63) is 29.8 Å². The van der Waals surface area contributed by atoms with E-state index in [1.807, 2.05) is 13.8 Å². The van der Waals surface area contributed by atoms with Crippen LogP contribution in [0.3, 0.4) is 0 Å². The van der Waals surface area contributed by atoms with Crippen molar-refractivity contribution in [3.63, 3.8) is 0 Å². The second-order valence-electron chi connectivity index (χ2n) is 4.87. The molecule has 0 saturated heterocycles. The predicted octanol–water partition coefficient (Wildman–Crippen LogP) is 2.25. The fourth-order valence-corrected chi connectivity index (χ4v) is 3.85. The van der Waals surface area contributed by atoms with E-state index in [9.17, 15) is 8.42 Å². The summed E-state index contributed by atoms with van der Waals surface area (Å²) in [7, 11) is -3.52. The number of aryl methyl sites for hydroxylation is 1. The minimum Gasteiger partial charge on any atom is -0.396 e. The van der Waals surface area contributed by atoms with Crippen LogP contribution in [0, 0.1) is 0 Å². The number of sulfonamides is 1. The van der Waals surface area contributed by atoms with Crippen molar-refractivity contribution < 1.29 is 13.5 Å². The van der Waals surface area contributed by atoms with Crippen LogP contribution in [0.1, 0.15) is 25.8 Å². The molecule has 0 radical (unpaired) electrons. The number of hydrogen-bond donors (Lipinski definition) is 1. The minimum atomic E-state index is -3.52.